The average Bonchev–Trinajstić information content (AvgIpc) is 3.01. The summed E-state index contributed by atoms with van der Waals surface area (Å²) in [5, 5.41) is 4.12. The minimum absolute atomic E-state index is 0.136. The molecule has 0 amide bonds. The van der Waals surface area contributed by atoms with Crippen LogP contribution < -0.4 is 4.72 Å². The molecule has 118 valence electrons. The number of nitrogens with one attached hydrogen (secondary N) is 1. The van der Waals surface area contributed by atoms with Gasteiger partial charge in [-0.2, -0.15) is 5.10 Å². The van der Waals surface area contributed by atoms with Gasteiger partial charge in [-0.25, -0.2) is 13.1 Å². The normalized spacial score (nSPS) is 11.5. The lowest BCUT2D eigenvalue weighted by Gasteiger charge is -2.07. The van der Waals surface area contributed by atoms with E-state index in [1.807, 2.05) is 19.3 Å². The molecule has 0 unspecified atom stereocenters. The fourth-order valence-corrected chi connectivity index (χ4v) is 3.06. The van der Waals surface area contributed by atoms with Gasteiger partial charge in [0.2, 0.25) is 10.0 Å². The fourth-order valence-electron chi connectivity index (χ4n) is 2.08. The highest BCUT2D eigenvalue weighted by Gasteiger charge is 2.13. The van der Waals surface area contributed by atoms with Crippen LogP contribution in [0.5, 0.6) is 0 Å². The van der Waals surface area contributed by atoms with Crippen molar-refractivity contribution in [1.29, 1.82) is 0 Å². The minimum Gasteiger partial charge on any atom is -0.275 e. The summed E-state index contributed by atoms with van der Waals surface area (Å²) in [6.07, 6.45) is 9.80. The maximum atomic E-state index is 12.2. The van der Waals surface area contributed by atoms with E-state index >= 15 is 0 Å². The molecule has 3 aromatic rings. The van der Waals surface area contributed by atoms with Gasteiger partial charge in [0, 0.05) is 55.7 Å². The minimum atomic E-state index is -3.59. The van der Waals surface area contributed by atoms with Gasteiger partial charge < -0.3 is 0 Å². The highest BCUT2D eigenvalue weighted by atomic mass is 32.2. The second-order valence-electron chi connectivity index (χ2n) is 5.00. The zero-order valence-corrected chi connectivity index (χ0v) is 13.2. The van der Waals surface area contributed by atoms with Crippen LogP contribution in [-0.4, -0.2) is 28.2 Å². The number of aromatic nitrogens is 4. The number of hydrogen-bond donors (Lipinski definition) is 1. The van der Waals surface area contributed by atoms with Gasteiger partial charge in [0.1, 0.15) is 4.90 Å². The molecule has 0 aliphatic carbocycles. The van der Waals surface area contributed by atoms with Gasteiger partial charge in [-0.1, -0.05) is 0 Å². The molecule has 23 heavy (non-hydrogen) atoms. The van der Waals surface area contributed by atoms with E-state index in [0.29, 0.717) is 0 Å². The largest absolute Gasteiger partial charge is 0.275 e. The second kappa shape index (κ2) is 6.27. The van der Waals surface area contributed by atoms with E-state index in [2.05, 4.69) is 19.8 Å². The summed E-state index contributed by atoms with van der Waals surface area (Å²) in [6, 6.07) is 4.97. The monoisotopic (exact) mass is 329 g/mol. The summed E-state index contributed by atoms with van der Waals surface area (Å²) in [6.45, 7) is 0.151. The third kappa shape index (κ3) is 3.61. The summed E-state index contributed by atoms with van der Waals surface area (Å²) in [7, 11) is -1.75. The first-order valence-corrected chi connectivity index (χ1v) is 8.35. The van der Waals surface area contributed by atoms with Crippen molar-refractivity contribution < 1.29 is 8.42 Å². The number of nitrogens with zero attached hydrogens (tertiary/aromatic N) is 4. The Labute approximate surface area is 134 Å². The number of sulfonamides is 1. The molecule has 3 rings (SSSR count). The molecule has 7 nitrogen and oxygen atoms in total. The van der Waals surface area contributed by atoms with Crippen LogP contribution in [0.2, 0.25) is 0 Å². The van der Waals surface area contributed by atoms with E-state index < -0.39 is 10.0 Å². The van der Waals surface area contributed by atoms with Crippen molar-refractivity contribution in [2.24, 2.45) is 7.05 Å². The van der Waals surface area contributed by atoms with Gasteiger partial charge in [-0.05, 0) is 23.8 Å². The van der Waals surface area contributed by atoms with E-state index in [1.165, 1.54) is 18.5 Å². The van der Waals surface area contributed by atoms with Gasteiger partial charge in [0.25, 0.3) is 0 Å². The van der Waals surface area contributed by atoms with E-state index in [1.54, 1.807) is 29.3 Å². The Morgan fingerprint density at radius 1 is 1.13 bits per heavy atom. The molecule has 3 aromatic heterocycles. The number of rotatable bonds is 5. The SMILES string of the molecule is Cn1cc(-c2cncc(CNS(=O)(=O)c3cccnc3)c2)cn1. The Morgan fingerprint density at radius 2 is 2.00 bits per heavy atom. The van der Waals surface area contributed by atoms with Crippen molar-refractivity contribution in [3.63, 3.8) is 0 Å². The first kappa shape index (κ1) is 15.3. The average molecular weight is 329 g/mol. The molecule has 0 fully saturated rings. The summed E-state index contributed by atoms with van der Waals surface area (Å²) >= 11 is 0. The molecule has 0 saturated heterocycles. The van der Waals surface area contributed by atoms with E-state index in [4.69, 9.17) is 0 Å². The smallest absolute Gasteiger partial charge is 0.242 e. The predicted molar refractivity (Wildman–Crippen MR) is 84.7 cm³/mol. The van der Waals surface area contributed by atoms with Gasteiger partial charge in [-0.15, -0.1) is 0 Å². The molecule has 0 atom stereocenters. The molecule has 0 saturated carbocycles. The maximum Gasteiger partial charge on any atom is 0.242 e. The van der Waals surface area contributed by atoms with Crippen LogP contribution in [0.15, 0.2) is 60.3 Å². The Bertz CT molecular complexity index is 906. The van der Waals surface area contributed by atoms with Crippen LogP contribution in [0.1, 0.15) is 5.56 Å². The Kier molecular flexibility index (Phi) is 4.18. The molecular formula is C15H15N5O2S. The first-order valence-electron chi connectivity index (χ1n) is 6.87. The first-order chi connectivity index (χ1) is 11.0. The highest BCUT2D eigenvalue weighted by Crippen LogP contribution is 2.18. The lowest BCUT2D eigenvalue weighted by molar-refractivity contribution is 0.581. The summed E-state index contributed by atoms with van der Waals surface area (Å²) < 4.78 is 28.6. The van der Waals surface area contributed by atoms with Crippen molar-refractivity contribution in [3.05, 3.63) is 60.9 Å². The van der Waals surface area contributed by atoms with Crippen molar-refractivity contribution in [1.82, 2.24) is 24.5 Å². The van der Waals surface area contributed by atoms with Crippen LogP contribution in [0, 0.1) is 0 Å². The van der Waals surface area contributed by atoms with Gasteiger partial charge in [0.05, 0.1) is 6.20 Å². The third-order valence-electron chi connectivity index (χ3n) is 3.24. The lowest BCUT2D eigenvalue weighted by Crippen LogP contribution is -2.23. The number of pyridine rings is 2. The van der Waals surface area contributed by atoms with Crippen LogP contribution >= 0.6 is 0 Å². The molecule has 0 bridgehead atoms. The number of hydrogen-bond acceptors (Lipinski definition) is 5. The Hall–Kier alpha value is -2.58. The topological polar surface area (TPSA) is 89.8 Å². The van der Waals surface area contributed by atoms with Crippen molar-refractivity contribution in [3.8, 4) is 11.1 Å². The van der Waals surface area contributed by atoms with Gasteiger partial charge in [0.15, 0.2) is 0 Å². The highest BCUT2D eigenvalue weighted by molar-refractivity contribution is 7.89. The number of aryl methyl sites for hydroxylation is 1. The maximum absolute atomic E-state index is 12.2. The summed E-state index contributed by atoms with van der Waals surface area (Å²) in [5.41, 5.74) is 2.58. The van der Waals surface area contributed by atoms with Crippen LogP contribution in [0.4, 0.5) is 0 Å². The lowest BCUT2D eigenvalue weighted by atomic mass is 10.1. The van der Waals surface area contributed by atoms with Crippen molar-refractivity contribution >= 4 is 10.0 Å². The molecule has 0 aliphatic heterocycles. The molecule has 0 spiro atoms. The van der Waals surface area contributed by atoms with Crippen LogP contribution in [0.3, 0.4) is 0 Å². The van der Waals surface area contributed by atoms with E-state index in [0.717, 1.165) is 16.7 Å². The molecular weight excluding hydrogens is 314 g/mol. The second-order valence-corrected chi connectivity index (χ2v) is 6.76. The van der Waals surface area contributed by atoms with Crippen molar-refractivity contribution in [2.45, 2.75) is 11.4 Å². The van der Waals surface area contributed by atoms with Gasteiger partial charge in [-0.3, -0.25) is 14.6 Å². The van der Waals surface area contributed by atoms with Crippen LogP contribution in [0.25, 0.3) is 11.1 Å². The van der Waals surface area contributed by atoms with E-state index in [9.17, 15) is 8.42 Å². The fraction of sp³-hybridized carbons (Fsp3) is 0.133. The van der Waals surface area contributed by atoms with Crippen LogP contribution in [-0.2, 0) is 23.6 Å². The summed E-state index contributed by atoms with van der Waals surface area (Å²) in [4.78, 5) is 8.12. The molecule has 0 aliphatic rings. The zero-order chi connectivity index (χ0) is 16.3. The molecule has 3 heterocycles. The molecule has 0 aromatic carbocycles. The van der Waals surface area contributed by atoms with Crippen molar-refractivity contribution in [2.75, 3.05) is 0 Å². The molecule has 1 N–H and O–H groups in total. The van der Waals surface area contributed by atoms with Gasteiger partial charge >= 0.3 is 0 Å². The Morgan fingerprint density at radius 3 is 2.70 bits per heavy atom. The van der Waals surface area contributed by atoms with E-state index in [-0.39, 0.29) is 11.4 Å². The molecule has 0 radical (unpaired) electrons. The standard InChI is InChI=1S/C15H15N5O2S/c1-20-11-14(9-18-20)13-5-12(6-17-8-13)7-19-23(21,22)15-3-2-4-16-10-15/h2-6,8-11,19H,7H2,1H3. The molecule has 8 heteroatoms. The quantitative estimate of drug-likeness (QED) is 0.763. The summed E-state index contributed by atoms with van der Waals surface area (Å²) in [5.74, 6) is 0. The Balaban J connectivity index is 1.76. The third-order valence-corrected chi connectivity index (χ3v) is 4.63. The zero-order valence-electron chi connectivity index (χ0n) is 12.4. The predicted octanol–water partition coefficient (Wildman–Crippen LogP) is 1.36.